The van der Waals surface area contributed by atoms with Crippen molar-refractivity contribution in [2.24, 2.45) is 0 Å². The molecule has 3 rings (SSSR count). The third-order valence-electron chi connectivity index (χ3n) is 4.24. The molecule has 138 valence electrons. The second-order valence-electron chi connectivity index (χ2n) is 6.39. The van der Waals surface area contributed by atoms with Gasteiger partial charge in [0.2, 0.25) is 5.78 Å². The Morgan fingerprint density at radius 3 is 2.56 bits per heavy atom. The number of para-hydroxylation sites is 1. The average Bonchev–Trinajstić information content (AvgIpc) is 2.66. The van der Waals surface area contributed by atoms with E-state index in [-0.39, 0.29) is 24.2 Å². The average molecular weight is 364 g/mol. The van der Waals surface area contributed by atoms with Crippen LogP contribution < -0.4 is 5.56 Å². The zero-order valence-corrected chi connectivity index (χ0v) is 15.2. The van der Waals surface area contributed by atoms with Gasteiger partial charge in [0.25, 0.3) is 5.56 Å². The van der Waals surface area contributed by atoms with Crippen LogP contribution >= 0.6 is 0 Å². The molecule has 1 atom stereocenters. The van der Waals surface area contributed by atoms with E-state index in [1.54, 1.807) is 43.3 Å². The molecule has 0 amide bonds. The fourth-order valence-electron chi connectivity index (χ4n) is 2.74. The number of esters is 1. The Morgan fingerprint density at radius 1 is 1.11 bits per heavy atom. The molecule has 0 aliphatic carbocycles. The van der Waals surface area contributed by atoms with E-state index in [1.165, 1.54) is 0 Å². The quantitative estimate of drug-likeness (QED) is 0.536. The summed E-state index contributed by atoms with van der Waals surface area (Å²) in [6, 6.07) is 14.1. The lowest BCUT2D eigenvalue weighted by Crippen LogP contribution is -2.24. The van der Waals surface area contributed by atoms with Crippen molar-refractivity contribution < 1.29 is 14.3 Å². The molecule has 1 heterocycles. The maximum absolute atomic E-state index is 12.3. The summed E-state index contributed by atoms with van der Waals surface area (Å²) in [4.78, 5) is 43.4. The first-order valence-electron chi connectivity index (χ1n) is 8.72. The number of hydrogen-bond donors (Lipinski definition) is 1. The molecule has 1 N–H and O–H groups in total. The number of benzene rings is 2. The minimum Gasteiger partial charge on any atom is -0.454 e. The van der Waals surface area contributed by atoms with Gasteiger partial charge in [-0.05, 0) is 26.0 Å². The molecule has 0 aliphatic heterocycles. The Balaban J connectivity index is 1.60. The van der Waals surface area contributed by atoms with Gasteiger partial charge in [-0.25, -0.2) is 4.98 Å². The number of carbonyl (C=O) groups is 2. The van der Waals surface area contributed by atoms with Crippen LogP contribution in [0.15, 0.2) is 53.3 Å². The number of Topliss-reactive ketones (excluding diaryl/α,β-unsaturated/α-hetero) is 1. The van der Waals surface area contributed by atoms with E-state index in [2.05, 4.69) is 9.97 Å². The minimum absolute atomic E-state index is 0.0206. The molecule has 2 aromatic carbocycles. The number of aromatic amines is 1. The molecular weight excluding hydrogens is 344 g/mol. The van der Waals surface area contributed by atoms with Crippen molar-refractivity contribution in [3.05, 3.63) is 75.8 Å². The van der Waals surface area contributed by atoms with Crippen molar-refractivity contribution in [1.29, 1.82) is 0 Å². The predicted octanol–water partition coefficient (Wildman–Crippen LogP) is 2.98. The van der Waals surface area contributed by atoms with Crippen molar-refractivity contribution in [3.63, 3.8) is 0 Å². The maximum atomic E-state index is 12.3. The smallest absolute Gasteiger partial charge is 0.306 e. The molecule has 1 aromatic heterocycles. The molecule has 6 heteroatoms. The Hall–Kier alpha value is -3.28. The number of ketones is 1. The molecule has 0 aliphatic rings. The minimum atomic E-state index is -0.871. The number of ether oxygens (including phenoxy) is 1. The highest BCUT2D eigenvalue weighted by atomic mass is 16.5. The lowest BCUT2D eigenvalue weighted by atomic mass is 10.1. The summed E-state index contributed by atoms with van der Waals surface area (Å²) in [6.45, 7) is 3.49. The largest absolute Gasteiger partial charge is 0.454 e. The maximum Gasteiger partial charge on any atom is 0.306 e. The summed E-state index contributed by atoms with van der Waals surface area (Å²) >= 11 is 0. The molecule has 3 aromatic rings. The van der Waals surface area contributed by atoms with Crippen LogP contribution in [0.1, 0.15) is 35.1 Å². The Kier molecular flexibility index (Phi) is 5.45. The van der Waals surface area contributed by atoms with Gasteiger partial charge in [0.15, 0.2) is 6.10 Å². The van der Waals surface area contributed by atoms with Crippen LogP contribution in [0.3, 0.4) is 0 Å². The van der Waals surface area contributed by atoms with Crippen molar-refractivity contribution in [2.45, 2.75) is 32.8 Å². The molecule has 0 spiro atoms. The molecule has 0 fully saturated rings. The van der Waals surface area contributed by atoms with Gasteiger partial charge in [0.1, 0.15) is 5.82 Å². The van der Waals surface area contributed by atoms with Crippen LogP contribution in [0.5, 0.6) is 0 Å². The summed E-state index contributed by atoms with van der Waals surface area (Å²) in [5.74, 6) is -0.354. The van der Waals surface area contributed by atoms with Crippen LogP contribution in [-0.2, 0) is 16.0 Å². The lowest BCUT2D eigenvalue weighted by Gasteiger charge is -2.12. The number of fused-ring (bicyclic) bond motifs is 1. The molecule has 6 nitrogen and oxygen atoms in total. The van der Waals surface area contributed by atoms with E-state index in [1.807, 2.05) is 19.1 Å². The molecule has 27 heavy (non-hydrogen) atoms. The second-order valence-corrected chi connectivity index (χ2v) is 6.39. The normalized spacial score (nSPS) is 11.9. The lowest BCUT2D eigenvalue weighted by molar-refractivity contribution is -0.146. The monoisotopic (exact) mass is 364 g/mol. The van der Waals surface area contributed by atoms with Crippen molar-refractivity contribution in [3.8, 4) is 0 Å². The first kappa shape index (κ1) is 18.5. The highest BCUT2D eigenvalue weighted by molar-refractivity contribution is 6.00. The topological polar surface area (TPSA) is 89.1 Å². The van der Waals surface area contributed by atoms with E-state index in [9.17, 15) is 14.4 Å². The highest BCUT2D eigenvalue weighted by Gasteiger charge is 2.19. The second kappa shape index (κ2) is 7.95. The van der Waals surface area contributed by atoms with Gasteiger partial charge in [0.05, 0.1) is 17.3 Å². The molecule has 0 saturated carbocycles. The summed E-state index contributed by atoms with van der Waals surface area (Å²) in [6.07, 6.45) is -0.624. The predicted molar refractivity (Wildman–Crippen MR) is 102 cm³/mol. The first-order chi connectivity index (χ1) is 12.9. The van der Waals surface area contributed by atoms with E-state index in [0.29, 0.717) is 22.3 Å². The third-order valence-corrected chi connectivity index (χ3v) is 4.24. The number of carbonyl (C=O) groups excluding carboxylic acids is 2. The molecular formula is C21H20N2O4. The van der Waals surface area contributed by atoms with Gasteiger partial charge in [-0.3, -0.25) is 14.4 Å². The Labute approximate surface area is 156 Å². The number of aryl methyl sites for hydroxylation is 2. The molecule has 0 saturated heterocycles. The number of aromatic nitrogens is 2. The SMILES string of the molecule is Cc1ccc(C(=O)[C@@H](C)OC(=O)CCc2nc3ccccc3c(=O)[nH]2)cc1. The van der Waals surface area contributed by atoms with Gasteiger partial charge in [-0.15, -0.1) is 0 Å². The molecule has 0 bridgehead atoms. The van der Waals surface area contributed by atoms with Gasteiger partial charge < -0.3 is 9.72 Å². The number of rotatable bonds is 6. The first-order valence-corrected chi connectivity index (χ1v) is 8.72. The van der Waals surface area contributed by atoms with E-state index in [0.717, 1.165) is 5.56 Å². The third kappa shape index (κ3) is 4.47. The fourth-order valence-corrected chi connectivity index (χ4v) is 2.74. The summed E-state index contributed by atoms with van der Waals surface area (Å²) in [7, 11) is 0. The zero-order valence-electron chi connectivity index (χ0n) is 15.2. The van der Waals surface area contributed by atoms with Crippen LogP contribution in [0.25, 0.3) is 10.9 Å². The molecule has 0 unspecified atom stereocenters. The van der Waals surface area contributed by atoms with Crippen LogP contribution in [0, 0.1) is 6.92 Å². The van der Waals surface area contributed by atoms with Gasteiger partial charge in [0, 0.05) is 12.0 Å². The van der Waals surface area contributed by atoms with Crippen LogP contribution in [0.4, 0.5) is 0 Å². The summed E-state index contributed by atoms with van der Waals surface area (Å²) in [5.41, 5.74) is 1.88. The standard InChI is InChI=1S/C21H20N2O4/c1-13-7-9-15(10-8-13)20(25)14(2)27-19(24)12-11-18-22-17-6-4-3-5-16(17)21(26)23-18/h3-10,14H,11-12H2,1-2H3,(H,22,23,26)/t14-/m1/s1. The van der Waals surface area contributed by atoms with Crippen molar-refractivity contribution in [2.75, 3.05) is 0 Å². The number of nitrogens with one attached hydrogen (secondary N) is 1. The Morgan fingerprint density at radius 2 is 1.81 bits per heavy atom. The zero-order chi connectivity index (χ0) is 19.4. The van der Waals surface area contributed by atoms with Crippen molar-refractivity contribution >= 4 is 22.7 Å². The van der Waals surface area contributed by atoms with E-state index in [4.69, 9.17) is 4.74 Å². The van der Waals surface area contributed by atoms with Gasteiger partial charge in [-0.2, -0.15) is 0 Å². The van der Waals surface area contributed by atoms with E-state index < -0.39 is 12.1 Å². The highest BCUT2D eigenvalue weighted by Crippen LogP contribution is 2.10. The summed E-state index contributed by atoms with van der Waals surface area (Å²) < 4.78 is 5.23. The van der Waals surface area contributed by atoms with Crippen LogP contribution in [0.2, 0.25) is 0 Å². The van der Waals surface area contributed by atoms with Crippen molar-refractivity contribution in [1.82, 2.24) is 9.97 Å². The summed E-state index contributed by atoms with van der Waals surface area (Å²) in [5, 5.41) is 0.501. The van der Waals surface area contributed by atoms with Gasteiger partial charge >= 0.3 is 5.97 Å². The molecule has 0 radical (unpaired) electrons. The number of H-pyrrole nitrogens is 1. The number of hydrogen-bond acceptors (Lipinski definition) is 5. The van der Waals surface area contributed by atoms with E-state index >= 15 is 0 Å². The number of nitrogens with zero attached hydrogens (tertiary/aromatic N) is 1. The Bertz CT molecular complexity index is 1040. The fraction of sp³-hybridized carbons (Fsp3) is 0.238. The van der Waals surface area contributed by atoms with Gasteiger partial charge in [-0.1, -0.05) is 42.0 Å². The van der Waals surface area contributed by atoms with Crippen LogP contribution in [-0.4, -0.2) is 27.8 Å².